The standard InChI is InChI=1S/C33H29NO5/c1-5-19-6-8-21(9-7-19)34-32(38)23-11-10-22-24(28(23)33(34)39)15-25-26(35)14-18(4)31(37)29(25)27(22)20-12-16(2)30(36)17(3)13-20/h5-10,12-14,23-24,27-28,36H,1,11,15H2,2-4H3/t23-,24+,27-,28-/m0/s1. The van der Waals surface area contributed by atoms with E-state index in [-0.39, 0.29) is 41.5 Å². The van der Waals surface area contributed by atoms with E-state index in [0.717, 1.165) is 16.7 Å². The molecule has 4 atom stereocenters. The molecule has 2 aromatic carbocycles. The fourth-order valence-electron chi connectivity index (χ4n) is 6.91. The van der Waals surface area contributed by atoms with Crippen LogP contribution in [0.1, 0.15) is 47.9 Å². The van der Waals surface area contributed by atoms with E-state index >= 15 is 0 Å². The van der Waals surface area contributed by atoms with E-state index in [1.54, 1.807) is 39.0 Å². The largest absolute Gasteiger partial charge is 0.507 e. The number of phenols is 1. The van der Waals surface area contributed by atoms with Crippen molar-refractivity contribution < 1.29 is 24.3 Å². The van der Waals surface area contributed by atoms with Gasteiger partial charge in [0.05, 0.1) is 17.5 Å². The lowest BCUT2D eigenvalue weighted by molar-refractivity contribution is -0.123. The highest BCUT2D eigenvalue weighted by Crippen LogP contribution is 2.55. The first-order valence-corrected chi connectivity index (χ1v) is 13.2. The summed E-state index contributed by atoms with van der Waals surface area (Å²) < 4.78 is 0. The zero-order valence-corrected chi connectivity index (χ0v) is 22.2. The summed E-state index contributed by atoms with van der Waals surface area (Å²) in [5.74, 6) is -2.76. The van der Waals surface area contributed by atoms with Crippen molar-refractivity contribution in [2.24, 2.45) is 17.8 Å². The quantitative estimate of drug-likeness (QED) is 0.338. The molecule has 0 aromatic heterocycles. The lowest BCUT2D eigenvalue weighted by Crippen LogP contribution is -2.39. The SMILES string of the molecule is C=Cc1ccc(N2C(=O)[C@H]3[C@H](CC=C4[C@H](c5cc(C)c(O)c(C)c5)C5=C(C[C@H]43)C(=O)C=C(C)C5=O)C2=O)cc1. The zero-order valence-electron chi connectivity index (χ0n) is 22.2. The first kappa shape index (κ1) is 25.0. The average molecular weight is 520 g/mol. The third-order valence-corrected chi connectivity index (χ3v) is 8.80. The summed E-state index contributed by atoms with van der Waals surface area (Å²) in [4.78, 5) is 55.7. The first-order valence-electron chi connectivity index (χ1n) is 13.2. The summed E-state index contributed by atoms with van der Waals surface area (Å²) in [7, 11) is 0. The Morgan fingerprint density at radius 3 is 2.26 bits per heavy atom. The maximum absolute atomic E-state index is 14.0. The number of allylic oxidation sites excluding steroid dienone is 6. The van der Waals surface area contributed by atoms with E-state index in [4.69, 9.17) is 0 Å². The predicted octanol–water partition coefficient (Wildman–Crippen LogP) is 5.29. The molecule has 0 bridgehead atoms. The summed E-state index contributed by atoms with van der Waals surface area (Å²) in [5.41, 5.74) is 5.73. The predicted molar refractivity (Wildman–Crippen MR) is 148 cm³/mol. The number of anilines is 1. The maximum atomic E-state index is 14.0. The number of nitrogens with zero attached hydrogens (tertiary/aromatic N) is 1. The van der Waals surface area contributed by atoms with Crippen LogP contribution < -0.4 is 4.90 Å². The molecule has 0 saturated carbocycles. The second-order valence-corrected chi connectivity index (χ2v) is 11.0. The van der Waals surface area contributed by atoms with Gasteiger partial charge in [0.15, 0.2) is 11.6 Å². The van der Waals surface area contributed by atoms with Gasteiger partial charge in [-0.05, 0) is 80.0 Å². The van der Waals surface area contributed by atoms with Crippen molar-refractivity contribution in [3.63, 3.8) is 0 Å². The molecule has 1 fully saturated rings. The number of hydrogen-bond donors (Lipinski definition) is 1. The highest BCUT2D eigenvalue weighted by molar-refractivity contribution is 6.25. The van der Waals surface area contributed by atoms with E-state index in [2.05, 4.69) is 6.58 Å². The van der Waals surface area contributed by atoms with Crippen molar-refractivity contribution in [1.82, 2.24) is 0 Å². The molecule has 3 aliphatic carbocycles. The molecule has 6 heteroatoms. The number of carbonyl (C=O) groups is 4. The Morgan fingerprint density at radius 1 is 0.949 bits per heavy atom. The smallest absolute Gasteiger partial charge is 0.238 e. The monoisotopic (exact) mass is 519 g/mol. The van der Waals surface area contributed by atoms with E-state index in [9.17, 15) is 24.3 Å². The summed E-state index contributed by atoms with van der Waals surface area (Å²) in [6.07, 6.45) is 5.72. The molecule has 1 N–H and O–H groups in total. The van der Waals surface area contributed by atoms with Crippen molar-refractivity contribution in [3.8, 4) is 5.75 Å². The van der Waals surface area contributed by atoms with Crippen LogP contribution in [0.2, 0.25) is 0 Å². The van der Waals surface area contributed by atoms with Crippen LogP contribution >= 0.6 is 0 Å². The number of imide groups is 1. The number of aryl methyl sites for hydroxylation is 2. The number of fused-ring (bicyclic) bond motifs is 3. The molecule has 39 heavy (non-hydrogen) atoms. The van der Waals surface area contributed by atoms with Gasteiger partial charge in [-0.15, -0.1) is 0 Å². The Morgan fingerprint density at radius 2 is 1.62 bits per heavy atom. The average Bonchev–Trinajstić information content (AvgIpc) is 3.18. The molecule has 196 valence electrons. The van der Waals surface area contributed by atoms with E-state index in [1.807, 2.05) is 30.3 Å². The molecule has 2 amide bonds. The normalized spacial score (nSPS) is 26.2. The summed E-state index contributed by atoms with van der Waals surface area (Å²) in [5, 5.41) is 10.4. The van der Waals surface area contributed by atoms with Crippen molar-refractivity contribution in [2.75, 3.05) is 4.90 Å². The minimum atomic E-state index is -0.623. The number of Topliss-reactive ketones (excluding diaryl/α,β-unsaturated/α-hetero) is 1. The molecule has 6 rings (SSSR count). The first-order chi connectivity index (χ1) is 18.6. The number of ketones is 2. The Kier molecular flexibility index (Phi) is 5.68. The Labute approximate surface area is 227 Å². The van der Waals surface area contributed by atoms with Gasteiger partial charge in [-0.3, -0.25) is 24.1 Å². The van der Waals surface area contributed by atoms with Crippen molar-refractivity contribution in [3.05, 3.63) is 99.7 Å². The van der Waals surface area contributed by atoms with E-state index < -0.39 is 17.8 Å². The van der Waals surface area contributed by atoms with Crippen molar-refractivity contribution in [2.45, 2.75) is 39.5 Å². The van der Waals surface area contributed by atoms with Gasteiger partial charge < -0.3 is 5.11 Å². The van der Waals surface area contributed by atoms with Crippen LogP contribution in [0.3, 0.4) is 0 Å². The van der Waals surface area contributed by atoms with Crippen LogP contribution in [-0.4, -0.2) is 28.5 Å². The molecule has 1 saturated heterocycles. The minimum Gasteiger partial charge on any atom is -0.507 e. The molecular weight excluding hydrogens is 490 g/mol. The number of aromatic hydroxyl groups is 1. The summed E-state index contributed by atoms with van der Waals surface area (Å²) in [6.45, 7) is 9.03. The number of hydrogen-bond acceptors (Lipinski definition) is 5. The molecule has 2 aromatic rings. The van der Waals surface area contributed by atoms with Gasteiger partial charge in [0.2, 0.25) is 11.8 Å². The van der Waals surface area contributed by atoms with Crippen LogP contribution in [0, 0.1) is 31.6 Å². The van der Waals surface area contributed by atoms with Gasteiger partial charge in [0.25, 0.3) is 0 Å². The van der Waals surface area contributed by atoms with Gasteiger partial charge in [-0.1, -0.05) is 48.6 Å². The third kappa shape index (κ3) is 3.62. The van der Waals surface area contributed by atoms with Gasteiger partial charge in [0, 0.05) is 22.6 Å². The molecule has 4 aliphatic rings. The Balaban J connectivity index is 1.49. The number of carbonyl (C=O) groups excluding carboxylic acids is 4. The summed E-state index contributed by atoms with van der Waals surface area (Å²) >= 11 is 0. The van der Waals surface area contributed by atoms with Gasteiger partial charge in [-0.2, -0.15) is 0 Å². The second kappa shape index (κ2) is 8.87. The number of amides is 2. The topological polar surface area (TPSA) is 91.8 Å². The van der Waals surface area contributed by atoms with Crippen molar-refractivity contribution in [1.29, 1.82) is 0 Å². The molecular formula is C33H29NO5. The molecule has 1 heterocycles. The van der Waals surface area contributed by atoms with Crippen LogP contribution in [0.15, 0.2) is 77.4 Å². The van der Waals surface area contributed by atoms with Crippen molar-refractivity contribution >= 4 is 35.1 Å². The lowest BCUT2D eigenvalue weighted by Gasteiger charge is -2.42. The molecule has 1 aliphatic heterocycles. The number of rotatable bonds is 3. The Bertz CT molecular complexity index is 1580. The fourth-order valence-corrected chi connectivity index (χ4v) is 6.91. The lowest BCUT2D eigenvalue weighted by atomic mass is 9.59. The molecule has 6 nitrogen and oxygen atoms in total. The fraction of sp³-hybridized carbons (Fsp3) is 0.273. The highest BCUT2D eigenvalue weighted by atomic mass is 16.3. The molecule has 0 spiro atoms. The maximum Gasteiger partial charge on any atom is 0.238 e. The number of benzene rings is 2. The Hall–Kier alpha value is -4.32. The minimum absolute atomic E-state index is 0.169. The summed E-state index contributed by atoms with van der Waals surface area (Å²) in [6, 6.07) is 10.8. The van der Waals surface area contributed by atoms with Gasteiger partial charge in [-0.25, -0.2) is 0 Å². The highest BCUT2D eigenvalue weighted by Gasteiger charge is 2.56. The van der Waals surface area contributed by atoms with Crippen LogP contribution in [0.5, 0.6) is 5.75 Å². The molecule has 0 unspecified atom stereocenters. The van der Waals surface area contributed by atoms with Crippen LogP contribution in [-0.2, 0) is 19.2 Å². The van der Waals surface area contributed by atoms with E-state index in [1.165, 1.54) is 11.0 Å². The second-order valence-electron chi connectivity index (χ2n) is 11.0. The van der Waals surface area contributed by atoms with Crippen LogP contribution in [0.4, 0.5) is 5.69 Å². The number of phenolic OH excluding ortho intramolecular Hbond substituents is 1. The molecule has 0 radical (unpaired) electrons. The third-order valence-electron chi connectivity index (χ3n) is 8.80. The van der Waals surface area contributed by atoms with E-state index in [0.29, 0.717) is 40.0 Å². The van der Waals surface area contributed by atoms with Gasteiger partial charge in [0.1, 0.15) is 5.75 Å². The van der Waals surface area contributed by atoms with Crippen LogP contribution in [0.25, 0.3) is 6.08 Å². The zero-order chi connectivity index (χ0) is 27.7. The van der Waals surface area contributed by atoms with Gasteiger partial charge >= 0.3 is 0 Å².